The van der Waals surface area contributed by atoms with Crippen molar-refractivity contribution in [2.75, 3.05) is 11.4 Å². The Hall–Kier alpha value is -1.55. The van der Waals surface area contributed by atoms with Crippen molar-refractivity contribution in [2.24, 2.45) is 0 Å². The van der Waals surface area contributed by atoms with Gasteiger partial charge in [0, 0.05) is 0 Å². The van der Waals surface area contributed by atoms with Crippen molar-refractivity contribution in [1.29, 1.82) is 0 Å². The Bertz CT molecular complexity index is 661. The van der Waals surface area contributed by atoms with E-state index in [1.165, 1.54) is 8.24 Å². The van der Waals surface area contributed by atoms with Gasteiger partial charge in [0.05, 0.1) is 0 Å². The number of anilines is 1. The third-order valence-electron chi connectivity index (χ3n) is 2.78. The van der Waals surface area contributed by atoms with Crippen molar-refractivity contribution < 1.29 is 9.53 Å². The van der Waals surface area contributed by atoms with E-state index >= 15 is 0 Å². The minimum absolute atomic E-state index is 0.159. The summed E-state index contributed by atoms with van der Waals surface area (Å²) in [6, 6.07) is 12.3. The number of amides is 1. The number of carbonyl (C=O) groups excluding carboxylic acids is 1. The molecule has 1 aromatic heterocycles. The molecule has 0 spiro atoms. The number of carbonyl (C=O) groups is 1. The van der Waals surface area contributed by atoms with Gasteiger partial charge in [-0.05, 0) is 0 Å². The molecule has 1 heterocycles. The third-order valence-corrected chi connectivity index (χ3v) is 6.41. The number of nitrogens with zero attached hydrogens (tertiary/aromatic N) is 1. The van der Waals surface area contributed by atoms with E-state index in [1.54, 1.807) is 22.3 Å². The van der Waals surface area contributed by atoms with Crippen LogP contribution in [0.3, 0.4) is 0 Å². The molecule has 0 N–H and O–H groups in total. The van der Waals surface area contributed by atoms with Gasteiger partial charge in [-0.15, -0.1) is 0 Å². The van der Waals surface area contributed by atoms with E-state index in [0.717, 1.165) is 5.69 Å². The Kier molecular flexibility index (Phi) is 6.05. The van der Waals surface area contributed by atoms with Crippen LogP contribution in [0.5, 0.6) is 0 Å². The van der Waals surface area contributed by atoms with Gasteiger partial charge in [-0.1, -0.05) is 0 Å². The fourth-order valence-corrected chi connectivity index (χ4v) is 5.36. The zero-order valence-corrected chi connectivity index (χ0v) is 16.1. The topological polar surface area (TPSA) is 29.5 Å². The molecule has 0 aliphatic carbocycles. The maximum absolute atomic E-state index is 12.5. The molecule has 23 heavy (non-hydrogen) atoms. The van der Waals surface area contributed by atoms with E-state index in [4.69, 9.17) is 4.74 Å². The standard InChI is InChI=1S/C18H21NO2SSe/c1-5-12-19(17(20)21-18(2,3)4)15-11-13-22-16(15)23-14-9-7-6-8-10-14/h5-11,13H,1,12H2,2-4H3. The van der Waals surface area contributed by atoms with Gasteiger partial charge in [0.1, 0.15) is 0 Å². The molecule has 122 valence electrons. The number of hydrogen-bond acceptors (Lipinski definition) is 3. The van der Waals surface area contributed by atoms with Crippen LogP contribution in [0, 0.1) is 0 Å². The summed E-state index contributed by atoms with van der Waals surface area (Å²) in [6.07, 6.45) is 1.39. The van der Waals surface area contributed by atoms with E-state index < -0.39 is 5.60 Å². The van der Waals surface area contributed by atoms with E-state index in [2.05, 4.69) is 18.7 Å². The summed E-state index contributed by atoms with van der Waals surface area (Å²) in [5, 5.41) is 2.02. The van der Waals surface area contributed by atoms with Crippen LogP contribution in [0.15, 0.2) is 54.4 Å². The van der Waals surface area contributed by atoms with Gasteiger partial charge in [-0.3, -0.25) is 0 Å². The average molecular weight is 394 g/mol. The molecule has 0 unspecified atom stereocenters. The molecule has 2 aromatic rings. The maximum atomic E-state index is 12.5. The summed E-state index contributed by atoms with van der Waals surface area (Å²) in [4.78, 5) is 14.2. The number of thiophene rings is 1. The van der Waals surface area contributed by atoms with Crippen molar-refractivity contribution in [3.63, 3.8) is 0 Å². The number of ether oxygens (including phenoxy) is 1. The molecule has 0 saturated carbocycles. The molecular formula is C18H21NO2SSe. The molecule has 0 aliphatic heterocycles. The second-order valence-electron chi connectivity index (χ2n) is 5.89. The van der Waals surface area contributed by atoms with Gasteiger partial charge >= 0.3 is 148 Å². The molecule has 1 aromatic carbocycles. The van der Waals surface area contributed by atoms with Crippen molar-refractivity contribution in [2.45, 2.75) is 26.4 Å². The van der Waals surface area contributed by atoms with Crippen LogP contribution in [-0.2, 0) is 4.74 Å². The predicted octanol–water partition coefficient (Wildman–Crippen LogP) is 3.33. The van der Waals surface area contributed by atoms with Crippen LogP contribution in [0.1, 0.15) is 20.8 Å². The minimum atomic E-state index is -0.517. The molecule has 1 amide bonds. The Morgan fingerprint density at radius 1 is 1.30 bits per heavy atom. The third kappa shape index (κ3) is 5.24. The van der Waals surface area contributed by atoms with Gasteiger partial charge in [-0.2, -0.15) is 0 Å². The number of hydrogen-bond donors (Lipinski definition) is 0. The van der Waals surface area contributed by atoms with Crippen molar-refractivity contribution in [3.8, 4) is 0 Å². The Balaban J connectivity index is 2.25. The van der Waals surface area contributed by atoms with Gasteiger partial charge in [0.25, 0.3) is 0 Å². The first-order valence-electron chi connectivity index (χ1n) is 7.32. The van der Waals surface area contributed by atoms with Crippen molar-refractivity contribution in [3.05, 3.63) is 54.4 Å². The summed E-state index contributed by atoms with van der Waals surface area (Å²) in [6.45, 7) is 9.82. The van der Waals surface area contributed by atoms with Crippen molar-refractivity contribution in [1.82, 2.24) is 0 Å². The molecule has 5 heteroatoms. The first-order valence-corrected chi connectivity index (χ1v) is 9.92. The van der Waals surface area contributed by atoms with Crippen LogP contribution < -0.4 is 13.1 Å². The van der Waals surface area contributed by atoms with Gasteiger partial charge < -0.3 is 0 Å². The summed E-state index contributed by atoms with van der Waals surface area (Å²) in [5.41, 5.74) is 0.407. The second-order valence-corrected chi connectivity index (χ2v) is 9.66. The summed E-state index contributed by atoms with van der Waals surface area (Å²) in [7, 11) is 0. The van der Waals surface area contributed by atoms with Gasteiger partial charge in [0.15, 0.2) is 0 Å². The molecule has 0 aliphatic rings. The van der Waals surface area contributed by atoms with E-state index in [1.807, 2.05) is 50.4 Å². The van der Waals surface area contributed by atoms with E-state index in [9.17, 15) is 4.79 Å². The number of rotatable bonds is 5. The molecule has 0 saturated heterocycles. The van der Waals surface area contributed by atoms with E-state index in [-0.39, 0.29) is 21.1 Å². The predicted molar refractivity (Wildman–Crippen MR) is 99.6 cm³/mol. The molecule has 0 bridgehead atoms. The zero-order chi connectivity index (χ0) is 16.9. The Labute approximate surface area is 148 Å². The summed E-state index contributed by atoms with van der Waals surface area (Å²) >= 11 is 1.84. The molecule has 0 radical (unpaired) electrons. The van der Waals surface area contributed by atoms with Crippen LogP contribution in [0.2, 0.25) is 0 Å². The quantitative estimate of drug-likeness (QED) is 0.575. The fraction of sp³-hybridized carbons (Fsp3) is 0.278. The molecule has 3 nitrogen and oxygen atoms in total. The average Bonchev–Trinajstić information content (AvgIpc) is 2.91. The second kappa shape index (κ2) is 7.82. The zero-order valence-electron chi connectivity index (χ0n) is 13.6. The first kappa shape index (κ1) is 17.8. The van der Waals surface area contributed by atoms with Crippen LogP contribution in [-0.4, -0.2) is 33.2 Å². The Morgan fingerprint density at radius 2 is 2.00 bits per heavy atom. The SMILES string of the molecule is C=CCN(C(=O)OC(C)(C)C)c1ccsc1[Se]c1ccccc1. The van der Waals surface area contributed by atoms with Crippen LogP contribution in [0.25, 0.3) is 0 Å². The van der Waals surface area contributed by atoms with Crippen LogP contribution >= 0.6 is 11.3 Å². The monoisotopic (exact) mass is 395 g/mol. The van der Waals surface area contributed by atoms with Gasteiger partial charge in [0.2, 0.25) is 0 Å². The molecule has 0 atom stereocenters. The normalized spacial score (nSPS) is 11.1. The molecule has 0 fully saturated rings. The van der Waals surface area contributed by atoms with Crippen LogP contribution in [0.4, 0.5) is 10.5 Å². The summed E-state index contributed by atoms with van der Waals surface area (Å²) < 4.78 is 8.02. The first-order chi connectivity index (χ1) is 10.9. The van der Waals surface area contributed by atoms with Gasteiger partial charge in [-0.25, -0.2) is 0 Å². The molecule has 2 rings (SSSR count). The van der Waals surface area contributed by atoms with E-state index in [0.29, 0.717) is 6.54 Å². The van der Waals surface area contributed by atoms with Crippen molar-refractivity contribution >= 4 is 46.3 Å². The summed E-state index contributed by atoms with van der Waals surface area (Å²) in [5.74, 6) is 0. The Morgan fingerprint density at radius 3 is 2.61 bits per heavy atom. The fourth-order valence-electron chi connectivity index (χ4n) is 1.88. The molecular weight excluding hydrogens is 373 g/mol. The number of benzene rings is 1.